The largest absolute Gasteiger partial charge is 0.481 e. The van der Waals surface area contributed by atoms with E-state index in [0.29, 0.717) is 82.1 Å². The van der Waals surface area contributed by atoms with Crippen molar-refractivity contribution < 1.29 is 23.8 Å². The maximum Gasteiger partial charge on any atom is 0.410 e. The molecule has 1 saturated heterocycles. The van der Waals surface area contributed by atoms with E-state index in [0.717, 1.165) is 42.4 Å². The Labute approximate surface area is 284 Å². The molecule has 2 amide bonds. The lowest BCUT2D eigenvalue weighted by molar-refractivity contribution is -0.124. The Morgan fingerprint density at radius 2 is 1.73 bits per heavy atom. The Morgan fingerprint density at radius 3 is 2.40 bits per heavy atom. The summed E-state index contributed by atoms with van der Waals surface area (Å²) in [5.41, 5.74) is 4.33. The Balaban J connectivity index is 1.15. The Bertz CT molecular complexity index is 1540. The van der Waals surface area contributed by atoms with Crippen LogP contribution < -0.4 is 9.64 Å². The third-order valence-corrected chi connectivity index (χ3v) is 10.3. The Kier molecular flexibility index (Phi) is 10.9. The van der Waals surface area contributed by atoms with Crippen molar-refractivity contribution in [2.24, 2.45) is 11.8 Å². The van der Waals surface area contributed by atoms with Crippen molar-refractivity contribution in [2.75, 3.05) is 44.9 Å². The monoisotopic (exact) mass is 658 g/mol. The maximum atomic E-state index is 14.4. The molecule has 2 aliphatic carbocycles. The van der Waals surface area contributed by atoms with Gasteiger partial charge in [0.05, 0.1) is 26.5 Å². The van der Waals surface area contributed by atoms with Crippen LogP contribution in [-0.2, 0) is 14.3 Å². The fourth-order valence-corrected chi connectivity index (χ4v) is 7.38. The number of ether oxygens (including phenoxy) is 3. The van der Waals surface area contributed by atoms with Gasteiger partial charge in [0.2, 0.25) is 11.8 Å². The second-order valence-electron chi connectivity index (χ2n) is 13.9. The number of pyridine rings is 2. The number of carbonyl (C=O) groups is 2. The van der Waals surface area contributed by atoms with Crippen molar-refractivity contribution in [3.63, 3.8) is 0 Å². The molecule has 3 aromatic rings. The standard InChI is InChI=1S/C37H50N6O5/c1-25(2)43-24-32(22-40-43)30-13-14-38-34(20-30)42(23-27-5-7-28(8-6-27)31-19-26(3)35(46-4)39-21-31)36(44)29-9-11-33(12-10-29)48-37(45)41-15-17-47-18-16-41/h13-14,19-22,24-25,27-29,33H,5-12,15-18,23H2,1-4H3. The highest BCUT2D eigenvalue weighted by Gasteiger charge is 2.35. The van der Waals surface area contributed by atoms with Crippen LogP contribution in [0, 0.1) is 18.8 Å². The van der Waals surface area contributed by atoms with E-state index in [1.165, 1.54) is 5.56 Å². The van der Waals surface area contributed by atoms with Crippen molar-refractivity contribution in [1.82, 2.24) is 24.6 Å². The number of amides is 2. The van der Waals surface area contributed by atoms with E-state index in [9.17, 15) is 9.59 Å². The van der Waals surface area contributed by atoms with Gasteiger partial charge in [-0.15, -0.1) is 0 Å². The Morgan fingerprint density at radius 1 is 0.979 bits per heavy atom. The molecule has 3 aromatic heterocycles. The van der Waals surface area contributed by atoms with Gasteiger partial charge >= 0.3 is 6.09 Å². The minimum Gasteiger partial charge on any atom is -0.481 e. The van der Waals surface area contributed by atoms with Crippen LogP contribution in [0.1, 0.15) is 88.3 Å². The van der Waals surface area contributed by atoms with Gasteiger partial charge in [0.15, 0.2) is 0 Å². The molecule has 3 aliphatic rings. The van der Waals surface area contributed by atoms with Gasteiger partial charge in [-0.05, 0) is 113 Å². The summed E-state index contributed by atoms with van der Waals surface area (Å²) >= 11 is 0. The Hall–Kier alpha value is -3.99. The average Bonchev–Trinajstić information content (AvgIpc) is 3.63. The van der Waals surface area contributed by atoms with E-state index in [4.69, 9.17) is 19.2 Å². The maximum absolute atomic E-state index is 14.4. The number of aryl methyl sites for hydroxylation is 1. The second kappa shape index (κ2) is 15.5. The molecule has 0 spiro atoms. The normalized spacial score (nSPS) is 23.1. The molecule has 11 heteroatoms. The second-order valence-corrected chi connectivity index (χ2v) is 13.9. The van der Waals surface area contributed by atoms with Crippen LogP contribution in [0.2, 0.25) is 0 Å². The third-order valence-electron chi connectivity index (χ3n) is 10.3. The predicted molar refractivity (Wildman–Crippen MR) is 183 cm³/mol. The first-order valence-electron chi connectivity index (χ1n) is 17.6. The minimum absolute atomic E-state index is 0.118. The lowest BCUT2D eigenvalue weighted by Crippen LogP contribution is -2.44. The van der Waals surface area contributed by atoms with Crippen molar-refractivity contribution in [2.45, 2.75) is 90.2 Å². The average molecular weight is 659 g/mol. The number of methoxy groups -OCH3 is 1. The first-order valence-corrected chi connectivity index (χ1v) is 17.6. The number of hydrogen-bond acceptors (Lipinski definition) is 8. The smallest absolute Gasteiger partial charge is 0.410 e. The van der Waals surface area contributed by atoms with Gasteiger partial charge in [-0.2, -0.15) is 5.10 Å². The van der Waals surface area contributed by atoms with Crippen LogP contribution in [-0.4, -0.2) is 82.7 Å². The van der Waals surface area contributed by atoms with E-state index in [1.54, 1.807) is 18.2 Å². The summed E-state index contributed by atoms with van der Waals surface area (Å²) in [4.78, 5) is 40.0. The minimum atomic E-state index is -0.271. The van der Waals surface area contributed by atoms with Crippen LogP contribution in [0.5, 0.6) is 5.88 Å². The molecule has 6 rings (SSSR count). The lowest BCUT2D eigenvalue weighted by atomic mass is 9.78. The van der Waals surface area contributed by atoms with Crippen molar-refractivity contribution in [3.05, 3.63) is 54.1 Å². The van der Waals surface area contributed by atoms with Crippen LogP contribution in [0.4, 0.5) is 10.6 Å². The zero-order valence-corrected chi connectivity index (χ0v) is 28.8. The van der Waals surface area contributed by atoms with Gasteiger partial charge in [0.25, 0.3) is 0 Å². The van der Waals surface area contributed by atoms with Gasteiger partial charge in [-0.1, -0.05) is 0 Å². The van der Waals surface area contributed by atoms with Gasteiger partial charge in [0.1, 0.15) is 11.9 Å². The predicted octanol–water partition coefficient (Wildman–Crippen LogP) is 6.57. The summed E-state index contributed by atoms with van der Waals surface area (Å²) in [6, 6.07) is 6.48. The van der Waals surface area contributed by atoms with Gasteiger partial charge in [0, 0.05) is 61.3 Å². The van der Waals surface area contributed by atoms with E-state index < -0.39 is 0 Å². The highest BCUT2D eigenvalue weighted by molar-refractivity contribution is 5.94. The highest BCUT2D eigenvalue weighted by atomic mass is 16.6. The van der Waals surface area contributed by atoms with Gasteiger partial charge in [-0.25, -0.2) is 14.8 Å². The molecular formula is C37H50N6O5. The number of nitrogens with zero attached hydrogens (tertiary/aromatic N) is 6. The highest BCUT2D eigenvalue weighted by Crippen LogP contribution is 2.38. The SMILES string of the molecule is COc1ncc(C2CCC(CN(C(=O)C3CCC(OC(=O)N4CCOCC4)CC3)c3cc(-c4cnn(C(C)C)c4)ccn3)CC2)cc1C. The molecule has 4 heterocycles. The molecule has 11 nitrogen and oxygen atoms in total. The van der Waals surface area contributed by atoms with Crippen molar-refractivity contribution >= 4 is 17.8 Å². The number of hydrogen-bond donors (Lipinski definition) is 0. The molecule has 0 aromatic carbocycles. The van der Waals surface area contributed by atoms with Crippen LogP contribution in [0.25, 0.3) is 11.1 Å². The van der Waals surface area contributed by atoms with Crippen LogP contribution in [0.3, 0.4) is 0 Å². The van der Waals surface area contributed by atoms with E-state index in [2.05, 4.69) is 30.0 Å². The summed E-state index contributed by atoms with van der Waals surface area (Å²) in [6.07, 6.45) is 14.2. The van der Waals surface area contributed by atoms with Crippen LogP contribution in [0.15, 0.2) is 43.0 Å². The number of morpholine rings is 1. The summed E-state index contributed by atoms with van der Waals surface area (Å²) in [6.45, 7) is 9.10. The zero-order valence-electron chi connectivity index (χ0n) is 28.8. The molecule has 2 saturated carbocycles. The summed E-state index contributed by atoms with van der Waals surface area (Å²) in [5.74, 6) is 2.18. The number of anilines is 1. The lowest BCUT2D eigenvalue weighted by Gasteiger charge is -2.36. The molecule has 258 valence electrons. The molecule has 0 bridgehead atoms. The van der Waals surface area contributed by atoms with Crippen molar-refractivity contribution in [3.8, 4) is 17.0 Å². The fourth-order valence-electron chi connectivity index (χ4n) is 7.38. The first-order chi connectivity index (χ1) is 23.3. The molecule has 0 atom stereocenters. The number of rotatable bonds is 9. The van der Waals surface area contributed by atoms with E-state index >= 15 is 0 Å². The number of aromatic nitrogens is 4. The molecule has 0 radical (unpaired) electrons. The first kappa shape index (κ1) is 33.9. The third kappa shape index (κ3) is 7.99. The summed E-state index contributed by atoms with van der Waals surface area (Å²) < 4.78 is 18.5. The molecular weight excluding hydrogens is 608 g/mol. The van der Waals surface area contributed by atoms with Crippen LogP contribution >= 0.6 is 0 Å². The van der Waals surface area contributed by atoms with E-state index in [-0.39, 0.29) is 30.1 Å². The zero-order chi connectivity index (χ0) is 33.6. The van der Waals surface area contributed by atoms with E-state index in [1.807, 2.05) is 47.2 Å². The topological polar surface area (TPSA) is 112 Å². The van der Waals surface area contributed by atoms with Gasteiger partial charge < -0.3 is 19.1 Å². The quantitative estimate of drug-likeness (QED) is 0.254. The molecule has 0 N–H and O–H groups in total. The van der Waals surface area contributed by atoms with Crippen molar-refractivity contribution in [1.29, 1.82) is 0 Å². The fraction of sp³-hybridized carbons (Fsp3) is 0.595. The molecule has 1 aliphatic heterocycles. The summed E-state index contributed by atoms with van der Waals surface area (Å²) in [5, 5.41) is 4.53. The molecule has 3 fully saturated rings. The molecule has 48 heavy (non-hydrogen) atoms. The van der Waals surface area contributed by atoms with Gasteiger partial charge in [-0.3, -0.25) is 14.4 Å². The summed E-state index contributed by atoms with van der Waals surface area (Å²) in [7, 11) is 1.66. The molecule has 0 unspecified atom stereocenters. The number of carbonyl (C=O) groups excluding carboxylic acids is 2.